The molecule has 1 N–H and O–H groups in total. The van der Waals surface area contributed by atoms with Gasteiger partial charge in [0, 0.05) is 11.4 Å². The van der Waals surface area contributed by atoms with Gasteiger partial charge in [-0.15, -0.1) is 0 Å². The van der Waals surface area contributed by atoms with Gasteiger partial charge in [0.05, 0.1) is 13.2 Å². The molecule has 1 unspecified atom stereocenters. The van der Waals surface area contributed by atoms with Crippen molar-refractivity contribution in [2.24, 2.45) is 0 Å². The number of para-hydroxylation sites is 1. The van der Waals surface area contributed by atoms with Crippen molar-refractivity contribution >= 4 is 17.5 Å². The van der Waals surface area contributed by atoms with Gasteiger partial charge in [-0.2, -0.15) is 0 Å². The standard InChI is InChI=1S/C18H20ClNO2/c1-13(15-8-4-5-9-16(15)19)20-18(21)12-11-14-7-3-6-10-17(14)22-2/h3-10,13H,11-12H2,1-2H3,(H,20,21). The van der Waals surface area contributed by atoms with Gasteiger partial charge in [-0.3, -0.25) is 4.79 Å². The number of carbonyl (C=O) groups is 1. The summed E-state index contributed by atoms with van der Waals surface area (Å²) in [5.41, 5.74) is 1.96. The monoisotopic (exact) mass is 317 g/mol. The van der Waals surface area contributed by atoms with Crippen molar-refractivity contribution in [3.8, 4) is 5.75 Å². The second-order valence-corrected chi connectivity index (χ2v) is 5.53. The third-order valence-corrected chi connectivity index (χ3v) is 3.91. The number of nitrogens with one attached hydrogen (secondary N) is 1. The highest BCUT2D eigenvalue weighted by molar-refractivity contribution is 6.31. The second-order valence-electron chi connectivity index (χ2n) is 5.12. The Kier molecular flexibility index (Phi) is 5.84. The Morgan fingerprint density at radius 1 is 1.18 bits per heavy atom. The molecule has 0 heterocycles. The molecular weight excluding hydrogens is 298 g/mol. The zero-order chi connectivity index (χ0) is 15.9. The van der Waals surface area contributed by atoms with Crippen LogP contribution in [0.25, 0.3) is 0 Å². The highest BCUT2D eigenvalue weighted by Crippen LogP contribution is 2.23. The van der Waals surface area contributed by atoms with E-state index in [0.717, 1.165) is 16.9 Å². The van der Waals surface area contributed by atoms with Crippen LogP contribution in [0.3, 0.4) is 0 Å². The van der Waals surface area contributed by atoms with Crippen molar-refractivity contribution in [2.45, 2.75) is 25.8 Å². The number of ether oxygens (including phenoxy) is 1. The first-order chi connectivity index (χ1) is 10.6. The van der Waals surface area contributed by atoms with Crippen LogP contribution in [-0.4, -0.2) is 13.0 Å². The molecule has 0 aliphatic heterocycles. The van der Waals surface area contributed by atoms with E-state index in [4.69, 9.17) is 16.3 Å². The highest BCUT2D eigenvalue weighted by atomic mass is 35.5. The van der Waals surface area contributed by atoms with Crippen molar-refractivity contribution < 1.29 is 9.53 Å². The Hall–Kier alpha value is -2.00. The average molecular weight is 318 g/mol. The number of hydrogen-bond donors (Lipinski definition) is 1. The van der Waals surface area contributed by atoms with Crippen LogP contribution in [0.5, 0.6) is 5.75 Å². The number of methoxy groups -OCH3 is 1. The molecule has 2 aromatic rings. The summed E-state index contributed by atoms with van der Waals surface area (Å²) in [4.78, 5) is 12.1. The van der Waals surface area contributed by atoms with Crippen LogP contribution in [-0.2, 0) is 11.2 Å². The van der Waals surface area contributed by atoms with Gasteiger partial charge in [0.25, 0.3) is 0 Å². The van der Waals surface area contributed by atoms with E-state index in [2.05, 4.69) is 5.32 Å². The highest BCUT2D eigenvalue weighted by Gasteiger charge is 2.12. The summed E-state index contributed by atoms with van der Waals surface area (Å²) < 4.78 is 5.29. The summed E-state index contributed by atoms with van der Waals surface area (Å²) in [5, 5.41) is 3.65. The minimum Gasteiger partial charge on any atom is -0.496 e. The number of halogens is 1. The molecule has 0 radical (unpaired) electrons. The minimum atomic E-state index is -0.112. The molecule has 0 spiro atoms. The topological polar surface area (TPSA) is 38.3 Å². The van der Waals surface area contributed by atoms with Gasteiger partial charge in [0.15, 0.2) is 0 Å². The molecule has 1 atom stereocenters. The molecule has 0 fully saturated rings. The summed E-state index contributed by atoms with van der Waals surface area (Å²) in [7, 11) is 1.64. The van der Waals surface area contributed by atoms with Crippen molar-refractivity contribution in [1.29, 1.82) is 0 Å². The predicted octanol–water partition coefficient (Wildman–Crippen LogP) is 4.16. The maximum absolute atomic E-state index is 12.1. The fourth-order valence-electron chi connectivity index (χ4n) is 2.38. The summed E-state index contributed by atoms with van der Waals surface area (Å²) >= 11 is 6.15. The lowest BCUT2D eigenvalue weighted by Gasteiger charge is -2.16. The maximum Gasteiger partial charge on any atom is 0.220 e. The van der Waals surface area contributed by atoms with Gasteiger partial charge in [-0.25, -0.2) is 0 Å². The fraction of sp³-hybridized carbons (Fsp3) is 0.278. The summed E-state index contributed by atoms with van der Waals surface area (Å²) in [6, 6.07) is 15.2. The van der Waals surface area contributed by atoms with Crippen LogP contribution in [0.4, 0.5) is 0 Å². The van der Waals surface area contributed by atoms with Gasteiger partial charge in [0.1, 0.15) is 5.75 Å². The molecule has 0 saturated heterocycles. The minimum absolute atomic E-state index is 0.00155. The van der Waals surface area contributed by atoms with E-state index < -0.39 is 0 Å². The van der Waals surface area contributed by atoms with Crippen molar-refractivity contribution in [2.75, 3.05) is 7.11 Å². The average Bonchev–Trinajstić information content (AvgIpc) is 2.53. The molecule has 22 heavy (non-hydrogen) atoms. The third kappa shape index (κ3) is 4.25. The molecule has 1 amide bonds. The van der Waals surface area contributed by atoms with E-state index in [1.54, 1.807) is 7.11 Å². The first kappa shape index (κ1) is 16.4. The molecule has 116 valence electrons. The first-order valence-electron chi connectivity index (χ1n) is 7.27. The summed E-state index contributed by atoms with van der Waals surface area (Å²) in [5.74, 6) is 0.813. The lowest BCUT2D eigenvalue weighted by molar-refractivity contribution is -0.121. The molecule has 0 bridgehead atoms. The van der Waals surface area contributed by atoms with Gasteiger partial charge >= 0.3 is 0 Å². The fourth-order valence-corrected chi connectivity index (χ4v) is 2.67. The SMILES string of the molecule is COc1ccccc1CCC(=O)NC(C)c1ccccc1Cl. The molecule has 2 rings (SSSR count). The van der Waals surface area contributed by atoms with E-state index >= 15 is 0 Å². The van der Waals surface area contributed by atoms with Crippen molar-refractivity contribution in [1.82, 2.24) is 5.32 Å². The van der Waals surface area contributed by atoms with E-state index in [0.29, 0.717) is 17.9 Å². The van der Waals surface area contributed by atoms with Gasteiger partial charge < -0.3 is 10.1 Å². The zero-order valence-electron chi connectivity index (χ0n) is 12.8. The van der Waals surface area contributed by atoms with Gasteiger partial charge in [-0.05, 0) is 36.6 Å². The Morgan fingerprint density at radius 2 is 1.86 bits per heavy atom. The van der Waals surface area contributed by atoms with Crippen LogP contribution in [0.15, 0.2) is 48.5 Å². The van der Waals surface area contributed by atoms with Crippen molar-refractivity contribution in [3.63, 3.8) is 0 Å². The normalized spacial score (nSPS) is 11.8. The van der Waals surface area contributed by atoms with E-state index in [1.165, 1.54) is 0 Å². The molecule has 4 heteroatoms. The van der Waals surface area contributed by atoms with Crippen LogP contribution in [0.1, 0.15) is 30.5 Å². The Labute approximate surface area is 136 Å². The van der Waals surface area contributed by atoms with Crippen LogP contribution >= 0.6 is 11.6 Å². The predicted molar refractivity (Wildman–Crippen MR) is 89.3 cm³/mol. The number of aryl methyl sites for hydroxylation is 1. The third-order valence-electron chi connectivity index (χ3n) is 3.56. The van der Waals surface area contributed by atoms with Crippen LogP contribution in [0, 0.1) is 0 Å². The summed E-state index contributed by atoms with van der Waals surface area (Å²) in [6.45, 7) is 1.93. The second kappa shape index (κ2) is 7.85. The lowest BCUT2D eigenvalue weighted by atomic mass is 10.1. The summed E-state index contributed by atoms with van der Waals surface area (Å²) in [6.07, 6.45) is 1.06. The first-order valence-corrected chi connectivity index (χ1v) is 7.65. The maximum atomic E-state index is 12.1. The van der Waals surface area contributed by atoms with Crippen LogP contribution in [0.2, 0.25) is 5.02 Å². The van der Waals surface area contributed by atoms with Crippen molar-refractivity contribution in [3.05, 3.63) is 64.7 Å². The molecular formula is C18H20ClNO2. The Balaban J connectivity index is 1.92. The molecule has 0 aliphatic rings. The number of amides is 1. The van der Waals surface area contributed by atoms with Crippen LogP contribution < -0.4 is 10.1 Å². The van der Waals surface area contributed by atoms with Gasteiger partial charge in [-0.1, -0.05) is 48.0 Å². The number of rotatable bonds is 6. The van der Waals surface area contributed by atoms with E-state index in [1.807, 2.05) is 55.5 Å². The van der Waals surface area contributed by atoms with E-state index in [-0.39, 0.29) is 11.9 Å². The number of benzene rings is 2. The molecule has 3 nitrogen and oxygen atoms in total. The lowest BCUT2D eigenvalue weighted by Crippen LogP contribution is -2.27. The molecule has 0 aliphatic carbocycles. The largest absolute Gasteiger partial charge is 0.496 e. The number of carbonyl (C=O) groups excluding carboxylic acids is 1. The molecule has 0 aromatic heterocycles. The quantitative estimate of drug-likeness (QED) is 0.868. The Bertz CT molecular complexity index is 642. The van der Waals surface area contributed by atoms with Gasteiger partial charge in [0.2, 0.25) is 5.91 Å². The number of hydrogen-bond acceptors (Lipinski definition) is 2. The zero-order valence-corrected chi connectivity index (χ0v) is 13.6. The Morgan fingerprint density at radius 3 is 2.59 bits per heavy atom. The molecule has 0 saturated carbocycles. The van der Waals surface area contributed by atoms with E-state index in [9.17, 15) is 4.79 Å². The smallest absolute Gasteiger partial charge is 0.220 e. The molecule has 2 aromatic carbocycles.